The number of benzene rings is 1. The second kappa shape index (κ2) is 10.3. The number of hydrogen-bond acceptors (Lipinski definition) is 9. The van der Waals surface area contributed by atoms with E-state index in [2.05, 4.69) is 38.4 Å². The number of halogens is 3. The third-order valence-corrected chi connectivity index (χ3v) is 5.38. The van der Waals surface area contributed by atoms with Crippen LogP contribution in [0, 0.1) is 0 Å². The highest BCUT2D eigenvalue weighted by molar-refractivity contribution is 7.80. The van der Waals surface area contributed by atoms with Crippen molar-refractivity contribution in [3.63, 3.8) is 0 Å². The Hall–Kier alpha value is -3.65. The lowest BCUT2D eigenvalue weighted by molar-refractivity contribution is -0.139. The van der Waals surface area contributed by atoms with Crippen LogP contribution in [-0.4, -0.2) is 53.2 Å². The number of rotatable bonds is 6. The average molecular weight is 508 g/mol. The molecular weight excluding hydrogens is 489 g/mol. The Bertz CT molecular complexity index is 1230. The number of hydrogen-bond donors (Lipinski definition) is 3. The van der Waals surface area contributed by atoms with E-state index in [1.807, 2.05) is 4.90 Å². The van der Waals surface area contributed by atoms with Gasteiger partial charge in [0.2, 0.25) is 5.76 Å². The number of amides is 2. The van der Waals surface area contributed by atoms with E-state index in [0.29, 0.717) is 32.1 Å². The minimum Gasteiger partial charge on any atom is -0.378 e. The fourth-order valence-corrected chi connectivity index (χ4v) is 3.50. The third-order valence-electron chi connectivity index (χ3n) is 4.99. The summed E-state index contributed by atoms with van der Waals surface area (Å²) in [4.78, 5) is 34.7. The van der Waals surface area contributed by atoms with Crippen molar-refractivity contribution in [1.82, 2.24) is 20.4 Å². The first kappa shape index (κ1) is 24.5. The van der Waals surface area contributed by atoms with Gasteiger partial charge in [-0.15, -0.1) is 12.6 Å². The molecule has 0 atom stereocenters. The summed E-state index contributed by atoms with van der Waals surface area (Å²) in [5.41, 5.74) is -0.698. The first-order valence-corrected chi connectivity index (χ1v) is 10.8. The molecule has 184 valence electrons. The predicted octanol–water partition coefficient (Wildman–Crippen LogP) is 2.79. The minimum absolute atomic E-state index is 0.0704. The molecule has 0 aliphatic carbocycles. The van der Waals surface area contributed by atoms with Gasteiger partial charge in [0.05, 0.1) is 25.3 Å². The van der Waals surface area contributed by atoms with Gasteiger partial charge < -0.3 is 24.8 Å². The van der Waals surface area contributed by atoms with Gasteiger partial charge in [-0.05, 0) is 18.2 Å². The van der Waals surface area contributed by atoms with Crippen LogP contribution >= 0.6 is 12.6 Å². The lowest BCUT2D eigenvalue weighted by Gasteiger charge is -2.27. The van der Waals surface area contributed by atoms with Gasteiger partial charge in [0.25, 0.3) is 11.8 Å². The predicted molar refractivity (Wildman–Crippen MR) is 119 cm³/mol. The summed E-state index contributed by atoms with van der Waals surface area (Å²) in [6.07, 6.45) is -3.33. The van der Waals surface area contributed by atoms with E-state index >= 15 is 0 Å². The van der Waals surface area contributed by atoms with Crippen molar-refractivity contribution < 1.29 is 32.0 Å². The molecule has 0 spiro atoms. The molecule has 1 aliphatic rings. The molecule has 2 aromatic heterocycles. The number of aromatic nitrogens is 3. The Morgan fingerprint density at radius 1 is 1.09 bits per heavy atom. The van der Waals surface area contributed by atoms with Crippen molar-refractivity contribution in [2.24, 2.45) is 0 Å². The Kier molecular flexibility index (Phi) is 7.21. The average Bonchev–Trinajstić information content (AvgIpc) is 3.33. The molecular formula is C21H19F3N6O4S. The number of ether oxygens (including phenoxy) is 1. The second-order valence-electron chi connectivity index (χ2n) is 7.41. The van der Waals surface area contributed by atoms with Crippen LogP contribution < -0.4 is 15.5 Å². The molecule has 0 radical (unpaired) electrons. The van der Waals surface area contributed by atoms with Crippen LogP contribution in [0.3, 0.4) is 0 Å². The van der Waals surface area contributed by atoms with Crippen molar-refractivity contribution >= 4 is 35.9 Å². The van der Waals surface area contributed by atoms with Gasteiger partial charge in [-0.2, -0.15) is 13.2 Å². The zero-order valence-electron chi connectivity index (χ0n) is 18.0. The number of morpholine rings is 1. The van der Waals surface area contributed by atoms with E-state index in [4.69, 9.17) is 9.26 Å². The molecule has 1 aromatic carbocycles. The molecule has 0 saturated carbocycles. The van der Waals surface area contributed by atoms with E-state index in [1.54, 1.807) is 6.07 Å². The maximum atomic E-state index is 13.0. The SMILES string of the molecule is O=C(NCc1cc(C(=O)Nc2ccc(S)c(C(F)(F)F)c2)on1)c1cc(N2CCOCC2)ncn1. The highest BCUT2D eigenvalue weighted by Crippen LogP contribution is 2.35. The van der Waals surface area contributed by atoms with Gasteiger partial charge in [-0.1, -0.05) is 5.16 Å². The Balaban J connectivity index is 1.35. The zero-order chi connectivity index (χ0) is 25.0. The maximum absolute atomic E-state index is 13.0. The molecule has 35 heavy (non-hydrogen) atoms. The van der Waals surface area contributed by atoms with Crippen LogP contribution in [0.5, 0.6) is 0 Å². The van der Waals surface area contributed by atoms with E-state index in [9.17, 15) is 22.8 Å². The normalized spacial score (nSPS) is 14.0. The summed E-state index contributed by atoms with van der Waals surface area (Å²) in [6.45, 7) is 2.37. The van der Waals surface area contributed by atoms with Gasteiger partial charge in [-0.25, -0.2) is 9.97 Å². The van der Waals surface area contributed by atoms with Crippen molar-refractivity contribution in [2.45, 2.75) is 17.6 Å². The lowest BCUT2D eigenvalue weighted by atomic mass is 10.2. The van der Waals surface area contributed by atoms with E-state index in [1.165, 1.54) is 18.5 Å². The van der Waals surface area contributed by atoms with Gasteiger partial charge in [-0.3, -0.25) is 9.59 Å². The topological polar surface area (TPSA) is 122 Å². The summed E-state index contributed by atoms with van der Waals surface area (Å²) >= 11 is 3.79. The first-order chi connectivity index (χ1) is 16.7. The molecule has 0 unspecified atom stereocenters. The number of thiol groups is 1. The Morgan fingerprint density at radius 2 is 1.86 bits per heavy atom. The standard InChI is InChI=1S/C21H19F3N6O4S/c22-21(23,24)14-7-12(1-2-17(14)35)28-20(32)16-8-13(29-34-16)10-25-19(31)15-9-18(27-11-26-15)30-3-5-33-6-4-30/h1-2,7-9,11,35H,3-6,10H2,(H,25,31)(H,28,32). The molecule has 1 saturated heterocycles. The summed E-state index contributed by atoms with van der Waals surface area (Å²) in [7, 11) is 0. The van der Waals surface area contributed by atoms with E-state index in [0.717, 1.165) is 12.1 Å². The lowest BCUT2D eigenvalue weighted by Crippen LogP contribution is -2.37. The van der Waals surface area contributed by atoms with Gasteiger partial charge in [0.1, 0.15) is 23.5 Å². The monoisotopic (exact) mass is 508 g/mol. The zero-order valence-corrected chi connectivity index (χ0v) is 18.9. The fraction of sp³-hybridized carbons (Fsp3) is 0.286. The molecule has 1 fully saturated rings. The number of nitrogens with zero attached hydrogens (tertiary/aromatic N) is 4. The second-order valence-corrected chi connectivity index (χ2v) is 7.89. The van der Waals surface area contributed by atoms with Crippen molar-refractivity contribution in [1.29, 1.82) is 0 Å². The summed E-state index contributed by atoms with van der Waals surface area (Å²) < 4.78 is 49.4. The molecule has 2 N–H and O–H groups in total. The quantitative estimate of drug-likeness (QED) is 0.435. The first-order valence-electron chi connectivity index (χ1n) is 10.3. The van der Waals surface area contributed by atoms with Crippen LogP contribution in [0.2, 0.25) is 0 Å². The van der Waals surface area contributed by atoms with Crippen molar-refractivity contribution in [2.75, 3.05) is 36.5 Å². The largest absolute Gasteiger partial charge is 0.417 e. The fourth-order valence-electron chi connectivity index (χ4n) is 3.23. The Labute approximate surface area is 202 Å². The number of carbonyl (C=O) groups is 2. The number of alkyl halides is 3. The molecule has 1 aliphatic heterocycles. The van der Waals surface area contributed by atoms with Crippen LogP contribution in [0.4, 0.5) is 24.7 Å². The molecule has 4 rings (SSSR count). The van der Waals surface area contributed by atoms with E-state index < -0.39 is 23.6 Å². The smallest absolute Gasteiger partial charge is 0.378 e. The number of nitrogens with one attached hydrogen (secondary N) is 2. The van der Waals surface area contributed by atoms with Crippen LogP contribution in [0.1, 0.15) is 32.3 Å². The molecule has 2 amide bonds. The van der Waals surface area contributed by atoms with Crippen molar-refractivity contribution in [3.8, 4) is 0 Å². The molecule has 3 aromatic rings. The molecule has 14 heteroatoms. The minimum atomic E-state index is -4.62. The van der Waals surface area contributed by atoms with Crippen molar-refractivity contribution in [3.05, 3.63) is 59.4 Å². The molecule has 3 heterocycles. The summed E-state index contributed by atoms with van der Waals surface area (Å²) in [6, 6.07) is 6.00. The summed E-state index contributed by atoms with van der Waals surface area (Å²) in [5, 5.41) is 8.64. The number of carbonyl (C=O) groups excluding carboxylic acids is 2. The Morgan fingerprint density at radius 3 is 2.60 bits per heavy atom. The van der Waals surface area contributed by atoms with Gasteiger partial charge >= 0.3 is 6.18 Å². The van der Waals surface area contributed by atoms with Gasteiger partial charge in [0, 0.05) is 35.8 Å². The molecule has 0 bridgehead atoms. The van der Waals surface area contributed by atoms with Gasteiger partial charge in [0.15, 0.2) is 0 Å². The van der Waals surface area contributed by atoms with Crippen LogP contribution in [0.25, 0.3) is 0 Å². The summed E-state index contributed by atoms with van der Waals surface area (Å²) in [5.74, 6) is -0.925. The number of anilines is 2. The third kappa shape index (κ3) is 6.08. The van der Waals surface area contributed by atoms with Crippen LogP contribution in [0.15, 0.2) is 46.1 Å². The highest BCUT2D eigenvalue weighted by atomic mass is 32.1. The maximum Gasteiger partial charge on any atom is 0.417 e. The molecule has 10 nitrogen and oxygen atoms in total. The van der Waals surface area contributed by atoms with Crippen LogP contribution in [-0.2, 0) is 17.5 Å². The van der Waals surface area contributed by atoms with E-state index in [-0.39, 0.29) is 34.3 Å². The highest BCUT2D eigenvalue weighted by Gasteiger charge is 2.33.